The molecule has 2 heterocycles. The van der Waals surface area contributed by atoms with Crippen molar-refractivity contribution < 1.29 is 29.6 Å². The number of para-hydroxylation sites is 1. The van der Waals surface area contributed by atoms with E-state index < -0.39 is 36.4 Å². The number of methoxy groups -OCH3 is 1. The number of aliphatic hydroxyl groups excluding tert-OH is 2. The van der Waals surface area contributed by atoms with E-state index in [0.717, 1.165) is 16.9 Å². The largest absolute Gasteiger partial charge is 0.508 e. The minimum Gasteiger partial charge on any atom is -0.508 e. The summed E-state index contributed by atoms with van der Waals surface area (Å²) < 4.78 is 5.51. The summed E-state index contributed by atoms with van der Waals surface area (Å²) in [5.41, 5.74) is 5.61. The van der Waals surface area contributed by atoms with Gasteiger partial charge in [-0.05, 0) is 114 Å². The van der Waals surface area contributed by atoms with Crippen molar-refractivity contribution in [2.24, 2.45) is 17.8 Å². The number of allylic oxidation sites excluding steroid dienone is 1. The zero-order valence-corrected chi connectivity index (χ0v) is 27.8. The molecule has 3 aromatic carbocycles. The van der Waals surface area contributed by atoms with E-state index in [2.05, 4.69) is 10.3 Å². The first-order chi connectivity index (χ1) is 23.8. The van der Waals surface area contributed by atoms with Crippen LogP contribution in [0, 0.1) is 17.8 Å². The second kappa shape index (κ2) is 15.2. The highest BCUT2D eigenvalue weighted by Crippen LogP contribution is 2.47. The molecular formula is C39H38ClN3O6. The number of phenols is 1. The number of phenolic OH excluding ortho intramolecular Hbond substituents is 1. The van der Waals surface area contributed by atoms with E-state index in [1.165, 1.54) is 11.0 Å². The Morgan fingerprint density at radius 2 is 1.76 bits per heavy atom. The highest BCUT2D eigenvalue weighted by molar-refractivity contribution is 6.32. The molecule has 4 aromatic rings. The molecule has 4 atom stereocenters. The number of ether oxygens (including phenoxy) is 1. The number of nitrogens with one attached hydrogen (secondary N) is 1. The smallest absolute Gasteiger partial charge is 0.238 e. The fourth-order valence-electron chi connectivity index (χ4n) is 7.00. The summed E-state index contributed by atoms with van der Waals surface area (Å²) in [6.07, 6.45) is 3.39. The van der Waals surface area contributed by atoms with Gasteiger partial charge >= 0.3 is 0 Å². The van der Waals surface area contributed by atoms with Crippen LogP contribution in [-0.2, 0) is 14.3 Å². The number of halogens is 1. The zero-order chi connectivity index (χ0) is 34.5. The minimum absolute atomic E-state index is 0.0517. The Bertz CT molecular complexity index is 1860. The Balaban J connectivity index is 1.25. The predicted octanol–water partition coefficient (Wildman–Crippen LogP) is 6.63. The summed E-state index contributed by atoms with van der Waals surface area (Å²) in [5, 5.41) is 36.0. The van der Waals surface area contributed by atoms with Crippen LogP contribution in [0.2, 0.25) is 5.02 Å². The van der Waals surface area contributed by atoms with Crippen molar-refractivity contribution in [2.45, 2.75) is 25.4 Å². The number of hydrogen-bond donors (Lipinski definition) is 4. The van der Waals surface area contributed by atoms with Crippen LogP contribution < -0.4 is 10.2 Å². The van der Waals surface area contributed by atoms with Crippen molar-refractivity contribution >= 4 is 52.1 Å². The second-order valence-electron chi connectivity index (χ2n) is 12.3. The third-order valence-corrected chi connectivity index (χ3v) is 9.57. The van der Waals surface area contributed by atoms with Gasteiger partial charge in [0.15, 0.2) is 0 Å². The van der Waals surface area contributed by atoms with Gasteiger partial charge in [-0.3, -0.25) is 19.5 Å². The van der Waals surface area contributed by atoms with Crippen LogP contribution in [0.15, 0.2) is 108 Å². The maximum atomic E-state index is 14.0. The van der Waals surface area contributed by atoms with Crippen LogP contribution in [0.3, 0.4) is 0 Å². The van der Waals surface area contributed by atoms with Crippen molar-refractivity contribution in [1.29, 1.82) is 0 Å². The van der Waals surface area contributed by atoms with Crippen molar-refractivity contribution in [2.75, 3.05) is 30.5 Å². The fourth-order valence-corrected chi connectivity index (χ4v) is 7.23. The highest BCUT2D eigenvalue weighted by atomic mass is 35.5. The number of nitrogens with zero attached hydrogens (tertiary/aromatic N) is 2. The third kappa shape index (κ3) is 7.30. The first kappa shape index (κ1) is 34.1. The third-order valence-electron chi connectivity index (χ3n) is 9.24. The molecule has 1 aliphatic heterocycles. The molecule has 0 radical (unpaired) electrons. The molecule has 252 valence electrons. The minimum atomic E-state index is -1.04. The van der Waals surface area contributed by atoms with Gasteiger partial charge < -0.3 is 25.4 Å². The van der Waals surface area contributed by atoms with Gasteiger partial charge in [0.25, 0.3) is 0 Å². The summed E-state index contributed by atoms with van der Waals surface area (Å²) in [7, 11) is 1.54. The van der Waals surface area contributed by atoms with Crippen LogP contribution >= 0.6 is 11.6 Å². The molecule has 6 rings (SSSR count). The van der Waals surface area contributed by atoms with E-state index in [1.54, 1.807) is 37.6 Å². The monoisotopic (exact) mass is 679 g/mol. The average Bonchev–Trinajstić information content (AvgIpc) is 3.36. The molecule has 0 spiro atoms. The van der Waals surface area contributed by atoms with Gasteiger partial charge in [0.2, 0.25) is 11.8 Å². The molecular weight excluding hydrogens is 642 g/mol. The molecule has 49 heavy (non-hydrogen) atoms. The summed E-state index contributed by atoms with van der Waals surface area (Å²) in [4.78, 5) is 33.6. The topological polar surface area (TPSA) is 132 Å². The van der Waals surface area contributed by atoms with E-state index in [4.69, 9.17) is 16.3 Å². The van der Waals surface area contributed by atoms with Crippen LogP contribution in [0.4, 0.5) is 17.1 Å². The van der Waals surface area contributed by atoms with Crippen molar-refractivity contribution in [3.8, 4) is 5.75 Å². The van der Waals surface area contributed by atoms with Crippen LogP contribution in [0.25, 0.3) is 11.6 Å². The van der Waals surface area contributed by atoms with Gasteiger partial charge in [-0.2, -0.15) is 0 Å². The molecule has 2 aliphatic rings. The van der Waals surface area contributed by atoms with Gasteiger partial charge in [-0.15, -0.1) is 0 Å². The van der Waals surface area contributed by atoms with E-state index in [-0.39, 0.29) is 31.1 Å². The number of aromatic nitrogens is 1. The SMILES string of the molecule is COCC1=C([C@H](O)CC/C(=C/c2ccc(O)cc2Cl)c2ccccn2)[C@H](CO)[C@@H]2C(=O)N(c3ccc(Nc4ccccc4)cc3)C(=O)[C@@H]2C1. The number of rotatable bonds is 12. The van der Waals surface area contributed by atoms with Gasteiger partial charge in [0.1, 0.15) is 5.75 Å². The summed E-state index contributed by atoms with van der Waals surface area (Å²) in [6.45, 7) is -0.265. The second-order valence-corrected chi connectivity index (χ2v) is 12.7. The molecule has 1 fully saturated rings. The Morgan fingerprint density at radius 3 is 2.43 bits per heavy atom. The number of aromatic hydroxyl groups is 1. The molecule has 4 N–H and O–H groups in total. The number of pyridine rings is 1. The average molecular weight is 680 g/mol. The van der Waals surface area contributed by atoms with Crippen molar-refractivity contribution in [1.82, 2.24) is 4.98 Å². The summed E-state index contributed by atoms with van der Waals surface area (Å²) >= 11 is 6.42. The number of carbonyl (C=O) groups excluding carboxylic acids is 2. The van der Waals surface area contributed by atoms with Gasteiger partial charge in [0, 0.05) is 30.6 Å². The molecule has 9 nitrogen and oxygen atoms in total. The molecule has 2 amide bonds. The number of hydrogen-bond acceptors (Lipinski definition) is 8. The lowest BCUT2D eigenvalue weighted by Gasteiger charge is -2.36. The fraction of sp³-hybridized carbons (Fsp3) is 0.256. The van der Waals surface area contributed by atoms with Gasteiger partial charge in [-0.1, -0.05) is 35.9 Å². The lowest BCUT2D eigenvalue weighted by atomic mass is 9.68. The standard InChI is InChI=1S/C39H38ClN3O6/c1-49-23-26-20-31-37(39(48)43(38(31)47)29-14-12-28(13-15-29)42-27-7-3-2-4-8-27)32(22-44)36(26)35(46)17-11-25(34-9-5-6-18-41-34)19-24-10-16-30(45)21-33(24)40/h2-10,12-16,18-19,21,31-32,35,37,42,44-46H,11,17,20,22-23H2,1H3/b25-19-/t31-,32+,35-,37-/m1/s1. The van der Waals surface area contributed by atoms with Crippen molar-refractivity contribution in [3.05, 3.63) is 125 Å². The Labute approximate surface area is 290 Å². The van der Waals surface area contributed by atoms with Gasteiger partial charge in [0.05, 0.1) is 47.6 Å². The molecule has 1 aromatic heterocycles. The number of aliphatic hydroxyl groups is 2. The Hall–Kier alpha value is -4.80. The van der Waals surface area contributed by atoms with E-state index in [0.29, 0.717) is 39.5 Å². The van der Waals surface area contributed by atoms with Crippen molar-refractivity contribution in [3.63, 3.8) is 0 Å². The number of anilines is 3. The van der Waals surface area contributed by atoms with Gasteiger partial charge in [-0.25, -0.2) is 0 Å². The van der Waals surface area contributed by atoms with Crippen LogP contribution in [0.1, 0.15) is 30.5 Å². The Kier molecular flexibility index (Phi) is 10.6. The quantitative estimate of drug-likeness (QED) is 0.0970. The number of fused-ring (bicyclic) bond motifs is 1. The lowest BCUT2D eigenvalue weighted by Crippen LogP contribution is -2.39. The number of carbonyl (C=O) groups is 2. The number of benzene rings is 3. The van der Waals surface area contributed by atoms with E-state index in [9.17, 15) is 24.9 Å². The molecule has 0 bridgehead atoms. The maximum Gasteiger partial charge on any atom is 0.238 e. The molecule has 10 heteroatoms. The van der Waals surface area contributed by atoms with Crippen LogP contribution in [0.5, 0.6) is 5.75 Å². The lowest BCUT2D eigenvalue weighted by molar-refractivity contribution is -0.123. The first-order valence-electron chi connectivity index (χ1n) is 16.2. The summed E-state index contributed by atoms with van der Waals surface area (Å²) in [6, 6.07) is 27.0. The van der Waals surface area contributed by atoms with Crippen LogP contribution in [-0.4, -0.2) is 58.5 Å². The zero-order valence-electron chi connectivity index (χ0n) is 27.0. The molecule has 0 unspecified atom stereocenters. The number of imide groups is 1. The van der Waals surface area contributed by atoms with E-state index >= 15 is 0 Å². The molecule has 1 saturated heterocycles. The molecule has 0 saturated carbocycles. The normalized spacial score (nSPS) is 20.0. The highest BCUT2D eigenvalue weighted by Gasteiger charge is 2.55. The summed E-state index contributed by atoms with van der Waals surface area (Å²) in [5.74, 6) is -2.95. The molecule has 1 aliphatic carbocycles. The number of amides is 2. The first-order valence-corrected chi connectivity index (χ1v) is 16.6. The maximum absolute atomic E-state index is 14.0. The predicted molar refractivity (Wildman–Crippen MR) is 190 cm³/mol. The van der Waals surface area contributed by atoms with E-state index in [1.807, 2.05) is 66.7 Å². The Morgan fingerprint density at radius 1 is 1.02 bits per heavy atom.